The molecule has 34 heavy (non-hydrogen) atoms. The van der Waals surface area contributed by atoms with Gasteiger partial charge in [-0.05, 0) is 50.8 Å². The second kappa shape index (κ2) is 8.44. The molecule has 3 N–H and O–H groups in total. The normalized spacial score (nSPS) is 21.7. The van der Waals surface area contributed by atoms with Gasteiger partial charge in [-0.1, -0.05) is 11.3 Å². The molecule has 0 aliphatic carbocycles. The first kappa shape index (κ1) is 22.9. The molecule has 11 heteroatoms. The topological polar surface area (TPSA) is 101 Å². The molecule has 178 valence electrons. The number of nitrogens with zero attached hydrogens (tertiary/aromatic N) is 5. The Hall–Kier alpha value is -2.82. The van der Waals surface area contributed by atoms with Crippen molar-refractivity contribution in [2.45, 2.75) is 50.7 Å². The van der Waals surface area contributed by atoms with E-state index in [2.05, 4.69) is 32.3 Å². The standard InChI is InChI=1S/C23H24FN7OS.ClH/c1-11-10-31-22(26-11)16(21(25)32)9-18(29-31)12-5-17(24)20-19(6-12)33-23(28-20)30(2)15-7-13-3-4-14(8-15)27-13;/h5-6,9-10,13-15,27H,3-4,7-8H2,1-2H3,(H2,25,32);1H. The van der Waals surface area contributed by atoms with Gasteiger partial charge in [0.05, 0.1) is 27.8 Å². The van der Waals surface area contributed by atoms with Gasteiger partial charge in [-0.25, -0.2) is 18.9 Å². The van der Waals surface area contributed by atoms with Crippen molar-refractivity contribution in [2.75, 3.05) is 11.9 Å². The van der Waals surface area contributed by atoms with Gasteiger partial charge in [0.25, 0.3) is 5.91 Å². The van der Waals surface area contributed by atoms with Crippen LogP contribution in [-0.2, 0) is 0 Å². The molecular formula is C23H25ClFN7OS. The van der Waals surface area contributed by atoms with E-state index in [1.165, 1.54) is 34.8 Å². The molecule has 2 aliphatic heterocycles. The molecule has 0 radical (unpaired) electrons. The number of carbonyl (C=O) groups is 1. The number of aromatic nitrogens is 4. The monoisotopic (exact) mass is 501 g/mol. The number of thiazole rings is 1. The Bertz CT molecular complexity index is 1410. The van der Waals surface area contributed by atoms with Crippen molar-refractivity contribution in [1.82, 2.24) is 24.9 Å². The molecule has 2 aliphatic rings. The SMILES string of the molecule is Cc1cn2nc(-c3cc(F)c4nc(N(C)C5CC6CCC(C5)N6)sc4c3)cc(C(N)=O)c2n1.Cl. The molecule has 1 aromatic carbocycles. The van der Waals surface area contributed by atoms with Crippen molar-refractivity contribution < 1.29 is 9.18 Å². The molecule has 3 aromatic heterocycles. The number of rotatable bonds is 4. The zero-order valence-corrected chi connectivity index (χ0v) is 20.4. The lowest BCUT2D eigenvalue weighted by Gasteiger charge is -2.35. The van der Waals surface area contributed by atoms with E-state index >= 15 is 4.39 Å². The summed E-state index contributed by atoms with van der Waals surface area (Å²) in [4.78, 5) is 23.2. The highest BCUT2D eigenvalue weighted by atomic mass is 35.5. The molecule has 1 amide bonds. The third kappa shape index (κ3) is 3.79. The van der Waals surface area contributed by atoms with Crippen molar-refractivity contribution in [3.05, 3.63) is 41.5 Å². The van der Waals surface area contributed by atoms with Crippen LogP contribution in [0.5, 0.6) is 0 Å². The van der Waals surface area contributed by atoms with Crippen LogP contribution in [0.3, 0.4) is 0 Å². The summed E-state index contributed by atoms with van der Waals surface area (Å²) in [5.74, 6) is -1.01. The highest BCUT2D eigenvalue weighted by molar-refractivity contribution is 7.22. The number of imidazole rings is 1. The molecule has 6 rings (SSSR count). The van der Waals surface area contributed by atoms with Crippen LogP contribution in [0.15, 0.2) is 24.4 Å². The van der Waals surface area contributed by atoms with Crippen LogP contribution in [0.2, 0.25) is 0 Å². The Balaban J connectivity index is 0.00000241. The van der Waals surface area contributed by atoms with Gasteiger partial charge in [0.2, 0.25) is 0 Å². The van der Waals surface area contributed by atoms with Gasteiger partial charge in [-0.15, -0.1) is 12.4 Å². The molecular weight excluding hydrogens is 477 g/mol. The van der Waals surface area contributed by atoms with Crippen molar-refractivity contribution in [1.29, 1.82) is 0 Å². The first-order valence-electron chi connectivity index (χ1n) is 11.1. The number of hydrogen-bond donors (Lipinski definition) is 2. The first-order chi connectivity index (χ1) is 15.9. The Kier molecular flexibility index (Phi) is 5.70. The zero-order chi connectivity index (χ0) is 22.9. The third-order valence-corrected chi connectivity index (χ3v) is 7.93. The van der Waals surface area contributed by atoms with Crippen molar-refractivity contribution >= 4 is 50.6 Å². The molecule has 4 aromatic rings. The summed E-state index contributed by atoms with van der Waals surface area (Å²) in [6.45, 7) is 1.81. The Morgan fingerprint density at radius 1 is 1.24 bits per heavy atom. The van der Waals surface area contributed by atoms with E-state index in [4.69, 9.17) is 5.73 Å². The minimum Gasteiger partial charge on any atom is -0.365 e. The molecule has 8 nitrogen and oxygen atoms in total. The molecule has 2 unspecified atom stereocenters. The average molecular weight is 502 g/mol. The quantitative estimate of drug-likeness (QED) is 0.442. The number of anilines is 1. The van der Waals surface area contributed by atoms with Crippen LogP contribution in [0.1, 0.15) is 41.7 Å². The number of carbonyl (C=O) groups excluding carboxylic acids is 1. The lowest BCUT2D eigenvalue weighted by Crippen LogP contribution is -2.47. The summed E-state index contributed by atoms with van der Waals surface area (Å²) in [5.41, 5.74) is 8.30. The number of nitrogens with two attached hydrogens (primary N) is 1. The fourth-order valence-electron chi connectivity index (χ4n) is 5.19. The number of aryl methyl sites for hydroxylation is 1. The fraction of sp³-hybridized carbons (Fsp3) is 0.391. The molecule has 2 saturated heterocycles. The predicted octanol–water partition coefficient (Wildman–Crippen LogP) is 3.69. The Morgan fingerprint density at radius 2 is 1.97 bits per heavy atom. The van der Waals surface area contributed by atoms with E-state index in [-0.39, 0.29) is 18.0 Å². The summed E-state index contributed by atoms with van der Waals surface area (Å²) in [7, 11) is 2.06. The van der Waals surface area contributed by atoms with Crippen LogP contribution in [0, 0.1) is 12.7 Å². The van der Waals surface area contributed by atoms with Gasteiger partial charge >= 0.3 is 0 Å². The maximum atomic E-state index is 15.1. The Morgan fingerprint density at radius 3 is 2.68 bits per heavy atom. The summed E-state index contributed by atoms with van der Waals surface area (Å²) >= 11 is 1.48. The number of halogens is 2. The van der Waals surface area contributed by atoms with Crippen LogP contribution < -0.4 is 16.0 Å². The molecule has 0 spiro atoms. The zero-order valence-electron chi connectivity index (χ0n) is 18.8. The van der Waals surface area contributed by atoms with Gasteiger partial charge in [0.15, 0.2) is 16.6 Å². The van der Waals surface area contributed by atoms with Crippen LogP contribution in [0.25, 0.3) is 27.1 Å². The third-order valence-electron chi connectivity index (χ3n) is 6.84. The van der Waals surface area contributed by atoms with E-state index in [0.717, 1.165) is 22.7 Å². The molecule has 5 heterocycles. The van der Waals surface area contributed by atoms with E-state index < -0.39 is 11.7 Å². The van der Waals surface area contributed by atoms with Crippen molar-refractivity contribution in [3.8, 4) is 11.3 Å². The van der Waals surface area contributed by atoms with Crippen LogP contribution >= 0.6 is 23.7 Å². The fourth-order valence-corrected chi connectivity index (χ4v) is 6.24. The van der Waals surface area contributed by atoms with E-state index in [1.54, 1.807) is 12.3 Å². The number of piperidine rings is 1. The number of primary amides is 1. The van der Waals surface area contributed by atoms with Crippen LogP contribution in [0.4, 0.5) is 9.52 Å². The van der Waals surface area contributed by atoms with Crippen LogP contribution in [-0.4, -0.2) is 50.7 Å². The lowest BCUT2D eigenvalue weighted by atomic mass is 9.99. The minimum absolute atomic E-state index is 0. The number of fused-ring (bicyclic) bond motifs is 4. The second-order valence-electron chi connectivity index (χ2n) is 9.13. The summed E-state index contributed by atoms with van der Waals surface area (Å²) < 4.78 is 17.4. The average Bonchev–Trinajstić information content (AvgIpc) is 3.47. The highest BCUT2D eigenvalue weighted by Crippen LogP contribution is 2.37. The largest absolute Gasteiger partial charge is 0.365 e. The Labute approximate surface area is 205 Å². The van der Waals surface area contributed by atoms with E-state index in [9.17, 15) is 4.79 Å². The van der Waals surface area contributed by atoms with Gasteiger partial charge in [0, 0.05) is 30.7 Å². The van der Waals surface area contributed by atoms with E-state index in [0.29, 0.717) is 46.2 Å². The summed E-state index contributed by atoms with van der Waals surface area (Å²) in [5, 5.41) is 9.03. The molecule has 2 fully saturated rings. The lowest BCUT2D eigenvalue weighted by molar-refractivity contribution is 0.100. The molecule has 2 bridgehead atoms. The number of amides is 1. The van der Waals surface area contributed by atoms with Gasteiger partial charge < -0.3 is 16.0 Å². The number of hydrogen-bond acceptors (Lipinski definition) is 7. The smallest absolute Gasteiger partial charge is 0.252 e. The molecule has 2 atom stereocenters. The van der Waals surface area contributed by atoms with E-state index in [1.807, 2.05) is 13.0 Å². The first-order valence-corrected chi connectivity index (χ1v) is 11.9. The number of benzene rings is 1. The summed E-state index contributed by atoms with van der Waals surface area (Å²) in [6.07, 6.45) is 6.34. The number of nitrogens with one attached hydrogen (secondary N) is 1. The second-order valence-corrected chi connectivity index (χ2v) is 10.1. The van der Waals surface area contributed by atoms with Crippen molar-refractivity contribution in [3.63, 3.8) is 0 Å². The summed E-state index contributed by atoms with van der Waals surface area (Å²) in [6, 6.07) is 6.41. The van der Waals surface area contributed by atoms with Gasteiger partial charge in [-0.3, -0.25) is 4.79 Å². The minimum atomic E-state index is -0.603. The predicted molar refractivity (Wildman–Crippen MR) is 133 cm³/mol. The maximum Gasteiger partial charge on any atom is 0.252 e. The molecule has 0 saturated carbocycles. The van der Waals surface area contributed by atoms with Gasteiger partial charge in [-0.2, -0.15) is 5.10 Å². The highest BCUT2D eigenvalue weighted by Gasteiger charge is 2.36. The maximum absolute atomic E-state index is 15.1. The van der Waals surface area contributed by atoms with Crippen molar-refractivity contribution in [2.24, 2.45) is 5.73 Å². The van der Waals surface area contributed by atoms with Gasteiger partial charge in [0.1, 0.15) is 5.52 Å².